The van der Waals surface area contributed by atoms with Crippen LogP contribution in [0.25, 0.3) is 0 Å². The van der Waals surface area contributed by atoms with Crippen LogP contribution in [0.3, 0.4) is 0 Å². The second kappa shape index (κ2) is 6.49. The zero-order chi connectivity index (χ0) is 13.7. The summed E-state index contributed by atoms with van der Waals surface area (Å²) in [4.78, 5) is 28.8. The number of aromatic nitrogens is 1. The molecule has 0 radical (unpaired) electrons. The normalized spacial score (nSPS) is 10.3. The number of carbonyl (C=O) groups excluding carboxylic acids is 2. The lowest BCUT2D eigenvalue weighted by Crippen LogP contribution is -2.41. The highest BCUT2D eigenvalue weighted by Gasteiger charge is 2.16. The Labute approximate surface area is 115 Å². The first-order valence-corrected chi connectivity index (χ1v) is 6.36. The Morgan fingerprint density at radius 3 is 2.61 bits per heavy atom. The van der Waals surface area contributed by atoms with Gasteiger partial charge in [-0.1, -0.05) is 0 Å². The van der Waals surface area contributed by atoms with Crippen LogP contribution in [-0.2, 0) is 4.79 Å². The lowest BCUT2D eigenvalue weighted by molar-refractivity contribution is -0.122. The summed E-state index contributed by atoms with van der Waals surface area (Å²) in [5.74, 6) is -0.459. The number of carbonyl (C=O) groups is 2. The lowest BCUT2D eigenvalue weighted by Gasteiger charge is -2.17. The van der Waals surface area contributed by atoms with Crippen molar-refractivity contribution in [1.29, 1.82) is 0 Å². The smallest absolute Gasteiger partial charge is 0.272 e. The minimum absolute atomic E-state index is 0.0226. The first-order chi connectivity index (χ1) is 8.40. The maximum Gasteiger partial charge on any atom is 0.272 e. The van der Waals surface area contributed by atoms with E-state index in [-0.39, 0.29) is 24.4 Å². The van der Waals surface area contributed by atoms with Gasteiger partial charge in [-0.15, -0.1) is 0 Å². The SMILES string of the molecule is CC(C)NC(=O)CN(C)C(=O)c1ccc(Br)cn1. The molecule has 98 valence electrons. The average molecular weight is 314 g/mol. The van der Waals surface area contributed by atoms with Gasteiger partial charge < -0.3 is 10.2 Å². The fourth-order valence-electron chi connectivity index (χ4n) is 1.35. The van der Waals surface area contributed by atoms with Crippen molar-refractivity contribution < 1.29 is 9.59 Å². The van der Waals surface area contributed by atoms with Crippen LogP contribution in [0.1, 0.15) is 24.3 Å². The van der Waals surface area contributed by atoms with Gasteiger partial charge in [0.05, 0.1) is 6.54 Å². The van der Waals surface area contributed by atoms with Crippen LogP contribution in [0, 0.1) is 0 Å². The van der Waals surface area contributed by atoms with Gasteiger partial charge >= 0.3 is 0 Å². The molecule has 0 fully saturated rings. The first-order valence-electron chi connectivity index (χ1n) is 5.56. The summed E-state index contributed by atoms with van der Waals surface area (Å²) in [6, 6.07) is 3.41. The molecule has 1 rings (SSSR count). The fourth-order valence-corrected chi connectivity index (χ4v) is 1.59. The summed E-state index contributed by atoms with van der Waals surface area (Å²) < 4.78 is 0.805. The van der Waals surface area contributed by atoms with Crippen molar-refractivity contribution >= 4 is 27.7 Å². The molecule has 1 aromatic heterocycles. The molecule has 0 bridgehead atoms. The number of nitrogens with zero attached hydrogens (tertiary/aromatic N) is 2. The van der Waals surface area contributed by atoms with E-state index >= 15 is 0 Å². The molecule has 0 saturated carbocycles. The van der Waals surface area contributed by atoms with Crippen LogP contribution >= 0.6 is 15.9 Å². The Kier molecular flexibility index (Phi) is 5.27. The van der Waals surface area contributed by atoms with Gasteiger partial charge in [0.25, 0.3) is 5.91 Å². The van der Waals surface area contributed by atoms with Crippen LogP contribution in [-0.4, -0.2) is 41.3 Å². The Morgan fingerprint density at radius 1 is 1.44 bits per heavy atom. The molecule has 0 atom stereocenters. The zero-order valence-corrected chi connectivity index (χ0v) is 12.2. The number of nitrogens with one attached hydrogen (secondary N) is 1. The van der Waals surface area contributed by atoms with E-state index in [2.05, 4.69) is 26.2 Å². The van der Waals surface area contributed by atoms with E-state index < -0.39 is 0 Å². The van der Waals surface area contributed by atoms with Crippen molar-refractivity contribution in [3.63, 3.8) is 0 Å². The number of rotatable bonds is 4. The maximum atomic E-state index is 11.9. The second-order valence-corrected chi connectivity index (χ2v) is 5.16. The summed E-state index contributed by atoms with van der Waals surface area (Å²) >= 11 is 3.25. The van der Waals surface area contributed by atoms with Crippen molar-refractivity contribution in [3.8, 4) is 0 Å². The molecule has 2 amide bonds. The highest BCUT2D eigenvalue weighted by molar-refractivity contribution is 9.10. The van der Waals surface area contributed by atoms with Crippen LogP contribution in [0.15, 0.2) is 22.8 Å². The molecule has 5 nitrogen and oxygen atoms in total. The zero-order valence-electron chi connectivity index (χ0n) is 10.6. The topological polar surface area (TPSA) is 62.3 Å². The van der Waals surface area contributed by atoms with Crippen molar-refractivity contribution in [2.75, 3.05) is 13.6 Å². The standard InChI is InChI=1S/C12H16BrN3O2/c1-8(2)15-11(17)7-16(3)12(18)10-5-4-9(13)6-14-10/h4-6,8H,7H2,1-3H3,(H,15,17). The molecule has 0 aromatic carbocycles. The second-order valence-electron chi connectivity index (χ2n) is 4.25. The number of pyridine rings is 1. The van der Waals surface area contributed by atoms with Gasteiger partial charge in [0.15, 0.2) is 0 Å². The summed E-state index contributed by atoms with van der Waals surface area (Å²) in [6.07, 6.45) is 1.55. The van der Waals surface area contributed by atoms with E-state index in [1.807, 2.05) is 13.8 Å². The third kappa shape index (κ3) is 4.44. The molecule has 0 unspecified atom stereocenters. The van der Waals surface area contributed by atoms with E-state index in [1.165, 1.54) is 4.90 Å². The van der Waals surface area contributed by atoms with Crippen LogP contribution in [0.4, 0.5) is 0 Å². The van der Waals surface area contributed by atoms with Gasteiger partial charge in [0.1, 0.15) is 5.69 Å². The maximum absolute atomic E-state index is 11.9. The summed E-state index contributed by atoms with van der Waals surface area (Å²) in [6.45, 7) is 3.76. The molecule has 18 heavy (non-hydrogen) atoms. The van der Waals surface area contributed by atoms with Crippen molar-refractivity contribution in [2.45, 2.75) is 19.9 Å². The lowest BCUT2D eigenvalue weighted by atomic mass is 10.3. The molecule has 0 aliphatic carbocycles. The van der Waals surface area contributed by atoms with Gasteiger partial charge in [-0.2, -0.15) is 0 Å². The first kappa shape index (κ1) is 14.6. The molecule has 6 heteroatoms. The molecule has 0 aliphatic rings. The van der Waals surface area contributed by atoms with Crippen molar-refractivity contribution in [2.24, 2.45) is 0 Å². The molecule has 1 heterocycles. The molecular weight excluding hydrogens is 298 g/mol. The Bertz CT molecular complexity index is 431. The van der Waals surface area contributed by atoms with E-state index in [0.717, 1.165) is 4.47 Å². The predicted octanol–water partition coefficient (Wildman–Crippen LogP) is 1.44. The predicted molar refractivity (Wildman–Crippen MR) is 72.2 cm³/mol. The minimum atomic E-state index is -0.276. The fraction of sp³-hybridized carbons (Fsp3) is 0.417. The molecule has 0 aliphatic heterocycles. The Morgan fingerprint density at radius 2 is 2.11 bits per heavy atom. The summed E-state index contributed by atoms with van der Waals surface area (Å²) in [5, 5.41) is 2.73. The number of hydrogen-bond acceptors (Lipinski definition) is 3. The van der Waals surface area contributed by atoms with Gasteiger partial charge in [-0.3, -0.25) is 9.59 Å². The number of hydrogen-bond donors (Lipinski definition) is 1. The molecule has 0 spiro atoms. The van der Waals surface area contributed by atoms with Crippen LogP contribution < -0.4 is 5.32 Å². The third-order valence-electron chi connectivity index (χ3n) is 2.12. The highest BCUT2D eigenvalue weighted by atomic mass is 79.9. The minimum Gasteiger partial charge on any atom is -0.352 e. The van der Waals surface area contributed by atoms with Crippen LogP contribution in [0.5, 0.6) is 0 Å². The highest BCUT2D eigenvalue weighted by Crippen LogP contribution is 2.08. The summed E-state index contributed by atoms with van der Waals surface area (Å²) in [5.41, 5.74) is 0.318. The van der Waals surface area contributed by atoms with E-state index in [4.69, 9.17) is 0 Å². The van der Waals surface area contributed by atoms with E-state index in [0.29, 0.717) is 5.69 Å². The van der Waals surface area contributed by atoms with Gasteiger partial charge in [-0.25, -0.2) is 4.98 Å². The number of halogens is 1. The summed E-state index contributed by atoms with van der Waals surface area (Å²) in [7, 11) is 1.58. The molecule has 1 N–H and O–H groups in total. The monoisotopic (exact) mass is 313 g/mol. The Hall–Kier alpha value is -1.43. The van der Waals surface area contributed by atoms with Gasteiger partial charge in [0, 0.05) is 23.8 Å². The molecular formula is C12H16BrN3O2. The number of amides is 2. The largest absolute Gasteiger partial charge is 0.352 e. The quantitative estimate of drug-likeness (QED) is 0.915. The van der Waals surface area contributed by atoms with Crippen LogP contribution in [0.2, 0.25) is 0 Å². The van der Waals surface area contributed by atoms with Gasteiger partial charge in [-0.05, 0) is 41.9 Å². The van der Waals surface area contributed by atoms with Crippen molar-refractivity contribution in [1.82, 2.24) is 15.2 Å². The van der Waals surface area contributed by atoms with Crippen molar-refractivity contribution in [3.05, 3.63) is 28.5 Å². The average Bonchev–Trinajstić information content (AvgIpc) is 2.27. The third-order valence-corrected chi connectivity index (χ3v) is 2.59. The van der Waals surface area contributed by atoms with E-state index in [9.17, 15) is 9.59 Å². The molecule has 0 saturated heterocycles. The number of likely N-dealkylation sites (N-methyl/N-ethyl adjacent to an activating group) is 1. The van der Waals surface area contributed by atoms with Gasteiger partial charge in [0.2, 0.25) is 5.91 Å². The van der Waals surface area contributed by atoms with E-state index in [1.54, 1.807) is 25.4 Å². The Balaban J connectivity index is 2.61. The molecule has 1 aromatic rings.